The molecule has 0 spiro atoms. The molecule has 0 saturated carbocycles. The van der Waals surface area contributed by atoms with Gasteiger partial charge < -0.3 is 4.74 Å². The van der Waals surface area contributed by atoms with Crippen molar-refractivity contribution in [2.45, 2.75) is 44.4 Å². The van der Waals surface area contributed by atoms with Crippen LogP contribution in [0.25, 0.3) is 0 Å². The second kappa shape index (κ2) is 12.5. The van der Waals surface area contributed by atoms with Gasteiger partial charge in [0.05, 0.1) is 6.04 Å². The Hall–Kier alpha value is -4.22. The maximum absolute atomic E-state index is 14.0. The molecule has 0 bridgehead atoms. The normalized spacial score (nSPS) is 16.6. The van der Waals surface area contributed by atoms with Crippen molar-refractivity contribution in [3.05, 3.63) is 144 Å². The van der Waals surface area contributed by atoms with Crippen LogP contribution in [0.1, 0.15) is 47.7 Å². The maximum atomic E-state index is 14.0. The minimum Gasteiger partial charge on any atom is -0.447 e. The van der Waals surface area contributed by atoms with E-state index < -0.39 is 6.09 Å². The van der Waals surface area contributed by atoms with Gasteiger partial charge in [-0.2, -0.15) is 0 Å². The van der Waals surface area contributed by atoms with Crippen LogP contribution in [-0.4, -0.2) is 34.4 Å². The van der Waals surface area contributed by atoms with Crippen molar-refractivity contribution in [2.75, 3.05) is 6.61 Å². The lowest BCUT2D eigenvalue weighted by Gasteiger charge is -2.37. The zero-order chi connectivity index (χ0) is 27.0. The van der Waals surface area contributed by atoms with Crippen molar-refractivity contribution in [1.82, 2.24) is 9.80 Å². The molecule has 0 unspecified atom stereocenters. The van der Waals surface area contributed by atoms with Crippen LogP contribution >= 0.6 is 0 Å². The predicted octanol–water partition coefficient (Wildman–Crippen LogP) is 6.97. The molecular formula is C34H34N2O3. The fraction of sp³-hybridized carbons (Fsp3) is 0.235. The first-order chi connectivity index (χ1) is 19.1. The molecular weight excluding hydrogens is 484 g/mol. The summed E-state index contributed by atoms with van der Waals surface area (Å²) in [6.07, 6.45) is 0.176. The van der Waals surface area contributed by atoms with Crippen LogP contribution in [0.2, 0.25) is 0 Å². The molecule has 0 radical (unpaired) electrons. The summed E-state index contributed by atoms with van der Waals surface area (Å²) in [7, 11) is 0. The van der Waals surface area contributed by atoms with Gasteiger partial charge in [-0.25, -0.2) is 9.69 Å². The molecule has 4 aromatic carbocycles. The smallest absolute Gasteiger partial charge is 0.416 e. The van der Waals surface area contributed by atoms with E-state index in [1.807, 2.05) is 84.9 Å². The number of ether oxygens (including phenoxy) is 1. The number of carbonyl (C=O) groups excluding carboxylic acids is 2. The van der Waals surface area contributed by atoms with Gasteiger partial charge in [-0.05, 0) is 35.6 Å². The summed E-state index contributed by atoms with van der Waals surface area (Å²) in [5, 5.41) is 0. The van der Waals surface area contributed by atoms with Gasteiger partial charge in [0, 0.05) is 25.0 Å². The van der Waals surface area contributed by atoms with Gasteiger partial charge in [-0.15, -0.1) is 0 Å². The van der Waals surface area contributed by atoms with E-state index in [1.54, 1.807) is 0 Å². The zero-order valence-electron chi connectivity index (χ0n) is 22.2. The highest BCUT2D eigenvalue weighted by Crippen LogP contribution is 2.35. The molecule has 5 heteroatoms. The van der Waals surface area contributed by atoms with Gasteiger partial charge in [0.15, 0.2) is 0 Å². The molecule has 5 nitrogen and oxygen atoms in total. The number of amides is 2. The number of rotatable bonds is 10. The van der Waals surface area contributed by atoms with Gasteiger partial charge in [-0.1, -0.05) is 121 Å². The van der Waals surface area contributed by atoms with Crippen molar-refractivity contribution in [3.63, 3.8) is 0 Å². The molecule has 0 aliphatic carbocycles. The van der Waals surface area contributed by atoms with E-state index in [2.05, 4.69) is 48.2 Å². The molecule has 4 aromatic rings. The summed E-state index contributed by atoms with van der Waals surface area (Å²) in [5.74, 6) is -0.217. The third-order valence-electron chi connectivity index (χ3n) is 7.48. The molecule has 0 N–H and O–H groups in total. The fourth-order valence-corrected chi connectivity index (χ4v) is 5.40. The maximum Gasteiger partial charge on any atom is 0.416 e. The minimum absolute atomic E-state index is 0.0232. The van der Waals surface area contributed by atoms with Crippen LogP contribution in [0.4, 0.5) is 4.79 Å². The highest BCUT2D eigenvalue weighted by Gasteiger charge is 2.40. The Morgan fingerprint density at radius 2 is 1.31 bits per heavy atom. The Morgan fingerprint density at radius 3 is 1.90 bits per heavy atom. The van der Waals surface area contributed by atoms with Crippen LogP contribution in [-0.2, 0) is 22.5 Å². The lowest BCUT2D eigenvalue weighted by molar-refractivity contribution is -0.131. The lowest BCUT2D eigenvalue weighted by Crippen LogP contribution is -2.42. The third-order valence-corrected chi connectivity index (χ3v) is 7.48. The Kier molecular flexibility index (Phi) is 8.49. The number of carbonyl (C=O) groups is 2. The van der Waals surface area contributed by atoms with Crippen LogP contribution in [0.15, 0.2) is 121 Å². The van der Waals surface area contributed by atoms with E-state index in [4.69, 9.17) is 4.74 Å². The average Bonchev–Trinajstić information content (AvgIpc) is 3.36. The summed E-state index contributed by atoms with van der Waals surface area (Å²) < 4.78 is 5.38. The molecule has 39 heavy (non-hydrogen) atoms. The number of benzene rings is 4. The fourth-order valence-electron chi connectivity index (χ4n) is 5.40. The molecule has 1 heterocycles. The van der Waals surface area contributed by atoms with Gasteiger partial charge in [-0.3, -0.25) is 9.69 Å². The summed E-state index contributed by atoms with van der Waals surface area (Å²) >= 11 is 0. The largest absolute Gasteiger partial charge is 0.447 e. The van der Waals surface area contributed by atoms with E-state index in [1.165, 1.54) is 10.5 Å². The lowest BCUT2D eigenvalue weighted by atomic mass is 9.95. The van der Waals surface area contributed by atoms with Crippen LogP contribution < -0.4 is 0 Å². The highest BCUT2D eigenvalue weighted by molar-refractivity contribution is 5.94. The molecule has 3 atom stereocenters. The summed E-state index contributed by atoms with van der Waals surface area (Å²) in [4.78, 5) is 30.5. The molecule has 0 aromatic heterocycles. The second-order valence-electron chi connectivity index (χ2n) is 10.1. The van der Waals surface area contributed by atoms with E-state index >= 15 is 0 Å². The highest BCUT2D eigenvalue weighted by atomic mass is 16.6. The Labute approximate surface area is 230 Å². The molecule has 1 fully saturated rings. The number of hydrogen-bond donors (Lipinski definition) is 0. The van der Waals surface area contributed by atoms with Crippen LogP contribution in [0.5, 0.6) is 0 Å². The van der Waals surface area contributed by atoms with Crippen LogP contribution in [0.3, 0.4) is 0 Å². The molecule has 1 aliphatic heterocycles. The van der Waals surface area contributed by atoms with E-state index in [-0.39, 0.29) is 37.1 Å². The van der Waals surface area contributed by atoms with Crippen molar-refractivity contribution < 1.29 is 14.3 Å². The summed E-state index contributed by atoms with van der Waals surface area (Å²) in [6, 6.07) is 40.2. The van der Waals surface area contributed by atoms with Gasteiger partial charge in [0.2, 0.25) is 5.91 Å². The van der Waals surface area contributed by atoms with Crippen molar-refractivity contribution in [1.29, 1.82) is 0 Å². The SMILES string of the molecule is C[C@@H](c1ccccc1)N(Cc1ccccc1)[C@H](CC(=O)N1C(=O)OC[C@@H]1Cc1ccccc1)c1ccccc1. The van der Waals surface area contributed by atoms with Crippen molar-refractivity contribution in [2.24, 2.45) is 0 Å². The quantitative estimate of drug-likeness (QED) is 0.227. The molecule has 198 valence electrons. The predicted molar refractivity (Wildman–Crippen MR) is 153 cm³/mol. The van der Waals surface area contributed by atoms with E-state index in [0.29, 0.717) is 13.0 Å². The van der Waals surface area contributed by atoms with Gasteiger partial charge in [0.25, 0.3) is 0 Å². The van der Waals surface area contributed by atoms with Gasteiger partial charge in [0.1, 0.15) is 6.61 Å². The molecule has 1 aliphatic rings. The summed E-state index contributed by atoms with van der Waals surface area (Å²) in [5.41, 5.74) is 4.44. The first kappa shape index (κ1) is 26.4. The van der Waals surface area contributed by atoms with E-state index in [0.717, 1.165) is 16.7 Å². The monoisotopic (exact) mass is 518 g/mol. The van der Waals surface area contributed by atoms with Crippen molar-refractivity contribution >= 4 is 12.0 Å². The number of nitrogens with zero attached hydrogens (tertiary/aromatic N) is 2. The second-order valence-corrected chi connectivity index (χ2v) is 10.1. The minimum atomic E-state index is -0.557. The average molecular weight is 519 g/mol. The molecule has 1 saturated heterocycles. The number of cyclic esters (lactones) is 1. The molecule has 5 rings (SSSR count). The Bertz CT molecular complexity index is 1350. The zero-order valence-corrected chi connectivity index (χ0v) is 22.2. The van der Waals surface area contributed by atoms with E-state index in [9.17, 15) is 9.59 Å². The first-order valence-corrected chi connectivity index (χ1v) is 13.5. The Balaban J connectivity index is 1.47. The van der Waals surface area contributed by atoms with Crippen molar-refractivity contribution in [3.8, 4) is 0 Å². The standard InChI is InChI=1S/C34H34N2O3/c1-26(29-18-10-4-11-19-29)35(24-28-16-8-3-9-17-28)32(30-20-12-5-13-21-30)23-33(37)36-31(25-39-34(36)38)22-27-14-6-2-7-15-27/h2-21,26,31-32H,22-25H2,1H3/t26-,31-,32+/m0/s1. The molecule has 2 amide bonds. The summed E-state index contributed by atoms with van der Waals surface area (Å²) in [6.45, 7) is 3.05. The first-order valence-electron chi connectivity index (χ1n) is 13.5. The third kappa shape index (κ3) is 6.44. The van der Waals surface area contributed by atoms with Crippen LogP contribution in [0, 0.1) is 0 Å². The number of hydrogen-bond acceptors (Lipinski definition) is 4. The Morgan fingerprint density at radius 1 is 0.795 bits per heavy atom. The topological polar surface area (TPSA) is 49.9 Å². The number of imide groups is 1. The van der Waals surface area contributed by atoms with Gasteiger partial charge >= 0.3 is 6.09 Å².